The Labute approximate surface area is 210 Å². The summed E-state index contributed by atoms with van der Waals surface area (Å²) in [6.07, 6.45) is -23.4. The van der Waals surface area contributed by atoms with Crippen molar-refractivity contribution in [2.24, 2.45) is 0 Å². The van der Waals surface area contributed by atoms with E-state index in [1.165, 1.54) is 0 Å². The average molecular weight is 545 g/mol. The molecule has 3 heterocycles. The largest absolute Gasteiger partial charge is 0.394 e. The third-order valence-corrected chi connectivity index (χ3v) is 6.50. The Bertz CT molecular complexity index is 745. The second-order valence-corrected chi connectivity index (χ2v) is 9.07. The van der Waals surface area contributed by atoms with E-state index in [1.54, 1.807) is 0 Å². The molecule has 37 heavy (non-hydrogen) atoms. The smallest absolute Gasteiger partial charge is 0.217 e. The van der Waals surface area contributed by atoms with Crippen LogP contribution in [0, 0.1) is 0 Å². The molecule has 0 aromatic rings. The van der Waals surface area contributed by atoms with Crippen LogP contribution in [0.1, 0.15) is 6.92 Å². The normalized spacial score (nSPS) is 49.0. The predicted molar refractivity (Wildman–Crippen MR) is 113 cm³/mol. The maximum atomic E-state index is 11.5. The van der Waals surface area contributed by atoms with E-state index in [9.17, 15) is 55.9 Å². The van der Waals surface area contributed by atoms with Gasteiger partial charge in [-0.25, -0.2) is 0 Å². The van der Waals surface area contributed by atoms with Crippen LogP contribution in [0.5, 0.6) is 0 Å². The second kappa shape index (κ2) is 12.8. The number of aliphatic hydroxyl groups excluding tert-OH is 10. The maximum Gasteiger partial charge on any atom is 0.217 e. The van der Waals surface area contributed by atoms with Gasteiger partial charge in [0.15, 0.2) is 18.9 Å². The minimum absolute atomic E-state index is 0.627. The van der Waals surface area contributed by atoms with E-state index in [4.69, 9.17) is 23.7 Å². The molecule has 3 aliphatic rings. The number of nitrogens with one attached hydrogen (secondary N) is 1. The highest BCUT2D eigenvalue weighted by Crippen LogP contribution is 2.32. The number of amides is 1. The first-order valence-corrected chi connectivity index (χ1v) is 11.6. The fourth-order valence-electron chi connectivity index (χ4n) is 4.46. The maximum absolute atomic E-state index is 11.5. The number of rotatable bonds is 8. The zero-order chi connectivity index (χ0) is 27.6. The number of ether oxygens (including phenoxy) is 5. The van der Waals surface area contributed by atoms with Crippen molar-refractivity contribution in [3.63, 3.8) is 0 Å². The minimum atomic E-state index is -1.91. The lowest BCUT2D eigenvalue weighted by molar-refractivity contribution is -0.375. The van der Waals surface area contributed by atoms with Crippen LogP contribution < -0.4 is 5.32 Å². The Morgan fingerprint density at radius 3 is 1.70 bits per heavy atom. The molecule has 17 nitrogen and oxygen atoms in total. The molecule has 0 saturated carbocycles. The van der Waals surface area contributed by atoms with Crippen LogP contribution in [0.15, 0.2) is 0 Å². The van der Waals surface area contributed by atoms with Crippen LogP contribution >= 0.6 is 0 Å². The first kappa shape index (κ1) is 30.4. The second-order valence-electron chi connectivity index (χ2n) is 9.07. The summed E-state index contributed by atoms with van der Waals surface area (Å²) in [5.74, 6) is -0.627. The van der Waals surface area contributed by atoms with Crippen LogP contribution in [0.25, 0.3) is 0 Å². The first-order valence-electron chi connectivity index (χ1n) is 11.6. The topological polar surface area (TPSA) is 278 Å². The van der Waals surface area contributed by atoms with Gasteiger partial charge in [-0.15, -0.1) is 0 Å². The molecular weight excluding hydrogens is 510 g/mol. The van der Waals surface area contributed by atoms with Crippen molar-refractivity contribution in [1.82, 2.24) is 5.32 Å². The summed E-state index contributed by atoms with van der Waals surface area (Å²) in [4.78, 5) is 11.5. The van der Waals surface area contributed by atoms with Crippen molar-refractivity contribution in [2.45, 2.75) is 99.0 Å². The van der Waals surface area contributed by atoms with Crippen molar-refractivity contribution in [2.75, 3.05) is 19.8 Å². The monoisotopic (exact) mass is 545 g/mol. The standard InChI is InChI=1S/C20H35NO16/c1-5(25)21-9-12(28)16(8(4-24)33-18(9)32)36-20-15(31)17(11(27)7(3-23)35-20)37-19-14(30)13(29)10(26)6(2-22)34-19/h6-20,22-24,26-32H,2-4H2,1H3,(H,21,25). The number of hydrogen-bond acceptors (Lipinski definition) is 16. The molecule has 0 radical (unpaired) electrons. The lowest BCUT2D eigenvalue weighted by atomic mass is 9.95. The van der Waals surface area contributed by atoms with Gasteiger partial charge in [-0.05, 0) is 0 Å². The summed E-state index contributed by atoms with van der Waals surface area (Å²) in [5, 5.41) is 103. The number of carbonyl (C=O) groups excluding carboxylic acids is 1. The summed E-state index contributed by atoms with van der Waals surface area (Å²) in [6, 6.07) is -1.40. The molecule has 3 rings (SSSR count). The van der Waals surface area contributed by atoms with Gasteiger partial charge in [-0.2, -0.15) is 0 Å². The SMILES string of the molecule is CC(=O)NC1C(O)OC(CO)C(OC2OC(CO)C(O)C(OC3OC(CO)C(O)C(O)C3O)C2O)C1O. The van der Waals surface area contributed by atoms with Gasteiger partial charge in [0.05, 0.1) is 19.8 Å². The summed E-state index contributed by atoms with van der Waals surface area (Å²) in [5.41, 5.74) is 0. The van der Waals surface area contributed by atoms with Crippen molar-refractivity contribution in [3.05, 3.63) is 0 Å². The van der Waals surface area contributed by atoms with E-state index < -0.39 is 118 Å². The molecule has 3 aliphatic heterocycles. The molecule has 0 aromatic carbocycles. The summed E-state index contributed by atoms with van der Waals surface area (Å²) in [7, 11) is 0. The molecule has 0 bridgehead atoms. The number of aliphatic hydroxyl groups is 10. The van der Waals surface area contributed by atoms with Crippen molar-refractivity contribution in [3.8, 4) is 0 Å². The molecule has 11 N–H and O–H groups in total. The highest BCUT2D eigenvalue weighted by Gasteiger charge is 2.53. The van der Waals surface area contributed by atoms with Gasteiger partial charge in [0.2, 0.25) is 5.91 Å². The molecule has 15 atom stereocenters. The highest BCUT2D eigenvalue weighted by molar-refractivity contribution is 5.73. The Kier molecular flexibility index (Phi) is 10.5. The summed E-state index contributed by atoms with van der Waals surface area (Å²) < 4.78 is 26.9. The molecule has 0 spiro atoms. The predicted octanol–water partition coefficient (Wildman–Crippen LogP) is -7.43. The van der Waals surface area contributed by atoms with Crippen molar-refractivity contribution < 1.29 is 79.5 Å². The van der Waals surface area contributed by atoms with Gasteiger partial charge in [0.25, 0.3) is 0 Å². The quantitative estimate of drug-likeness (QED) is 0.135. The molecule has 216 valence electrons. The average Bonchev–Trinajstić information content (AvgIpc) is 2.86. The zero-order valence-electron chi connectivity index (χ0n) is 19.7. The van der Waals surface area contributed by atoms with E-state index in [2.05, 4.69) is 5.32 Å². The molecule has 3 saturated heterocycles. The van der Waals surface area contributed by atoms with Crippen LogP contribution in [-0.4, -0.2) is 169 Å². The van der Waals surface area contributed by atoms with E-state index in [0.717, 1.165) is 6.92 Å². The molecule has 0 aliphatic carbocycles. The molecule has 0 aromatic heterocycles. The van der Waals surface area contributed by atoms with E-state index in [-0.39, 0.29) is 0 Å². The Balaban J connectivity index is 1.80. The third kappa shape index (κ3) is 6.38. The van der Waals surface area contributed by atoms with Crippen molar-refractivity contribution >= 4 is 5.91 Å². The Morgan fingerprint density at radius 1 is 0.649 bits per heavy atom. The zero-order valence-corrected chi connectivity index (χ0v) is 19.7. The first-order chi connectivity index (χ1) is 17.4. The molecule has 1 amide bonds. The summed E-state index contributed by atoms with van der Waals surface area (Å²) >= 11 is 0. The Morgan fingerprint density at radius 2 is 1.16 bits per heavy atom. The number of carbonyl (C=O) groups is 1. The third-order valence-electron chi connectivity index (χ3n) is 6.50. The summed E-state index contributed by atoms with van der Waals surface area (Å²) in [6.45, 7) is -1.23. The fraction of sp³-hybridized carbons (Fsp3) is 0.950. The molecule has 15 unspecified atom stereocenters. The van der Waals surface area contributed by atoms with Crippen LogP contribution in [-0.2, 0) is 28.5 Å². The van der Waals surface area contributed by atoms with Gasteiger partial charge in [-0.1, -0.05) is 0 Å². The molecular formula is C20H35NO16. The van der Waals surface area contributed by atoms with Gasteiger partial charge in [-0.3, -0.25) is 4.79 Å². The Hall–Kier alpha value is -1.13. The number of hydrogen-bond donors (Lipinski definition) is 11. The lowest BCUT2D eigenvalue weighted by Crippen LogP contribution is -2.68. The van der Waals surface area contributed by atoms with Gasteiger partial charge >= 0.3 is 0 Å². The lowest BCUT2D eigenvalue weighted by Gasteiger charge is -2.48. The van der Waals surface area contributed by atoms with Crippen LogP contribution in [0.3, 0.4) is 0 Å². The fourth-order valence-corrected chi connectivity index (χ4v) is 4.46. The van der Waals surface area contributed by atoms with Crippen LogP contribution in [0.4, 0.5) is 0 Å². The van der Waals surface area contributed by atoms with Crippen molar-refractivity contribution in [1.29, 1.82) is 0 Å². The van der Waals surface area contributed by atoms with E-state index in [1.807, 2.05) is 0 Å². The van der Waals surface area contributed by atoms with Gasteiger partial charge < -0.3 is 80.1 Å². The molecule has 17 heteroatoms. The minimum Gasteiger partial charge on any atom is -0.394 e. The van der Waals surface area contributed by atoms with Gasteiger partial charge in [0.1, 0.15) is 73.2 Å². The van der Waals surface area contributed by atoms with E-state index >= 15 is 0 Å². The van der Waals surface area contributed by atoms with E-state index in [0.29, 0.717) is 0 Å². The molecule has 3 fully saturated rings. The highest BCUT2D eigenvalue weighted by atomic mass is 16.7. The van der Waals surface area contributed by atoms with Crippen LogP contribution in [0.2, 0.25) is 0 Å². The van der Waals surface area contributed by atoms with Gasteiger partial charge in [0, 0.05) is 6.92 Å².